The summed E-state index contributed by atoms with van der Waals surface area (Å²) in [7, 11) is 0. The number of furan rings is 1. The molecule has 1 aromatic heterocycles. The Labute approximate surface area is 109 Å². The Hall–Kier alpha value is -2.15. The lowest BCUT2D eigenvalue weighted by Crippen LogP contribution is -1.98. The van der Waals surface area contributed by atoms with Crippen molar-refractivity contribution in [2.24, 2.45) is 0 Å². The highest BCUT2D eigenvalue weighted by Crippen LogP contribution is 2.34. The van der Waals surface area contributed by atoms with Crippen LogP contribution in [0.1, 0.15) is 10.4 Å². The predicted molar refractivity (Wildman–Crippen MR) is 65.5 cm³/mol. The van der Waals surface area contributed by atoms with Crippen LogP contribution in [0, 0.1) is 10.1 Å². The number of nitro benzene ring substituents is 1. The molecular formula is C11H6BrNO5. The fraction of sp³-hybridized carbons (Fsp3) is 0. The highest BCUT2D eigenvalue weighted by Gasteiger charge is 2.23. The van der Waals surface area contributed by atoms with Gasteiger partial charge in [0, 0.05) is 10.5 Å². The van der Waals surface area contributed by atoms with Crippen LogP contribution in [0.25, 0.3) is 11.3 Å². The summed E-state index contributed by atoms with van der Waals surface area (Å²) >= 11 is 3.12. The van der Waals surface area contributed by atoms with E-state index in [4.69, 9.17) is 9.52 Å². The number of hydrogen-bond donors (Lipinski definition) is 1. The number of benzene rings is 1. The van der Waals surface area contributed by atoms with Gasteiger partial charge in [-0.15, -0.1) is 0 Å². The van der Waals surface area contributed by atoms with Gasteiger partial charge in [-0.3, -0.25) is 10.1 Å². The van der Waals surface area contributed by atoms with Gasteiger partial charge in [-0.05, 0) is 18.2 Å². The van der Waals surface area contributed by atoms with Gasteiger partial charge in [0.15, 0.2) is 5.76 Å². The van der Waals surface area contributed by atoms with Crippen molar-refractivity contribution >= 4 is 27.6 Å². The van der Waals surface area contributed by atoms with E-state index in [9.17, 15) is 14.9 Å². The molecule has 0 amide bonds. The molecule has 0 atom stereocenters. The maximum atomic E-state index is 11.0. The molecule has 1 aromatic carbocycles. The third-order valence-corrected chi connectivity index (χ3v) is 2.79. The second kappa shape index (κ2) is 4.61. The zero-order valence-corrected chi connectivity index (χ0v) is 10.4. The molecule has 7 heteroatoms. The van der Waals surface area contributed by atoms with Crippen molar-refractivity contribution in [1.82, 2.24) is 0 Å². The van der Waals surface area contributed by atoms with Gasteiger partial charge >= 0.3 is 5.97 Å². The molecule has 0 saturated heterocycles. The van der Waals surface area contributed by atoms with Crippen LogP contribution in [0.2, 0.25) is 0 Å². The summed E-state index contributed by atoms with van der Waals surface area (Å²) in [6, 6.07) is 5.57. The molecule has 6 nitrogen and oxygen atoms in total. The van der Waals surface area contributed by atoms with E-state index in [1.54, 1.807) is 6.07 Å². The first kappa shape index (κ1) is 12.3. The van der Waals surface area contributed by atoms with Crippen LogP contribution in [0.4, 0.5) is 5.69 Å². The zero-order valence-electron chi connectivity index (χ0n) is 8.79. The number of carboxylic acids is 1. The fourth-order valence-corrected chi connectivity index (χ4v) is 1.88. The van der Waals surface area contributed by atoms with Crippen molar-refractivity contribution in [3.05, 3.63) is 50.7 Å². The SMILES string of the molecule is O=C(O)c1ccoc1-c1ccc(Br)cc1[N+](=O)[O-]. The maximum absolute atomic E-state index is 11.0. The largest absolute Gasteiger partial charge is 0.478 e. The summed E-state index contributed by atoms with van der Waals surface area (Å²) in [6.07, 6.45) is 1.19. The first-order valence-corrected chi connectivity index (χ1v) is 5.55. The molecule has 1 N–H and O–H groups in total. The molecule has 0 unspecified atom stereocenters. The average Bonchev–Trinajstić information content (AvgIpc) is 2.77. The van der Waals surface area contributed by atoms with Gasteiger partial charge in [0.1, 0.15) is 5.56 Å². The Morgan fingerprint density at radius 2 is 2.11 bits per heavy atom. The van der Waals surface area contributed by atoms with Gasteiger partial charge in [-0.1, -0.05) is 15.9 Å². The Balaban J connectivity index is 2.67. The van der Waals surface area contributed by atoms with E-state index in [0.29, 0.717) is 4.47 Å². The normalized spacial score (nSPS) is 10.3. The molecule has 92 valence electrons. The summed E-state index contributed by atoms with van der Waals surface area (Å²) in [5, 5.41) is 19.9. The van der Waals surface area contributed by atoms with Gasteiger partial charge in [0.05, 0.1) is 16.7 Å². The summed E-state index contributed by atoms with van der Waals surface area (Å²) in [6.45, 7) is 0. The molecule has 18 heavy (non-hydrogen) atoms. The lowest BCUT2D eigenvalue weighted by molar-refractivity contribution is -0.384. The molecule has 0 radical (unpaired) electrons. The van der Waals surface area contributed by atoms with E-state index >= 15 is 0 Å². The van der Waals surface area contributed by atoms with Crippen LogP contribution in [0.15, 0.2) is 39.4 Å². The van der Waals surface area contributed by atoms with Crippen LogP contribution in [-0.4, -0.2) is 16.0 Å². The van der Waals surface area contributed by atoms with Crippen molar-refractivity contribution in [1.29, 1.82) is 0 Å². The van der Waals surface area contributed by atoms with Crippen LogP contribution in [-0.2, 0) is 0 Å². The van der Waals surface area contributed by atoms with Crippen molar-refractivity contribution in [3.8, 4) is 11.3 Å². The Morgan fingerprint density at radius 1 is 1.39 bits per heavy atom. The summed E-state index contributed by atoms with van der Waals surface area (Å²) < 4.78 is 5.57. The van der Waals surface area contributed by atoms with Crippen LogP contribution in [0.3, 0.4) is 0 Å². The van der Waals surface area contributed by atoms with E-state index in [-0.39, 0.29) is 22.6 Å². The van der Waals surface area contributed by atoms with E-state index in [1.807, 2.05) is 0 Å². The maximum Gasteiger partial charge on any atom is 0.339 e. The first-order chi connectivity index (χ1) is 8.50. The lowest BCUT2D eigenvalue weighted by atomic mass is 10.1. The quantitative estimate of drug-likeness (QED) is 0.693. The van der Waals surface area contributed by atoms with Gasteiger partial charge in [0.2, 0.25) is 0 Å². The number of hydrogen-bond acceptors (Lipinski definition) is 4. The Morgan fingerprint density at radius 3 is 2.72 bits per heavy atom. The van der Waals surface area contributed by atoms with Gasteiger partial charge in [-0.2, -0.15) is 0 Å². The van der Waals surface area contributed by atoms with E-state index in [2.05, 4.69) is 15.9 Å². The minimum absolute atomic E-state index is 0.0262. The fourth-order valence-electron chi connectivity index (χ4n) is 1.53. The number of halogens is 1. The van der Waals surface area contributed by atoms with E-state index in [0.717, 1.165) is 0 Å². The molecule has 1 heterocycles. The molecule has 0 fully saturated rings. The van der Waals surface area contributed by atoms with Crippen molar-refractivity contribution in [2.45, 2.75) is 0 Å². The zero-order chi connectivity index (χ0) is 13.3. The smallest absolute Gasteiger partial charge is 0.339 e. The van der Waals surface area contributed by atoms with Crippen molar-refractivity contribution < 1.29 is 19.2 Å². The van der Waals surface area contributed by atoms with Crippen molar-refractivity contribution in [2.75, 3.05) is 0 Å². The molecule has 2 rings (SSSR count). The number of nitrogens with zero attached hydrogens (tertiary/aromatic N) is 1. The van der Waals surface area contributed by atoms with Gasteiger partial charge < -0.3 is 9.52 Å². The Bertz CT molecular complexity index is 634. The highest BCUT2D eigenvalue weighted by molar-refractivity contribution is 9.10. The predicted octanol–water partition coefficient (Wildman–Crippen LogP) is 3.32. The number of aromatic carboxylic acids is 1. The Kier molecular flexibility index (Phi) is 3.15. The molecule has 0 bridgehead atoms. The van der Waals surface area contributed by atoms with Crippen LogP contribution < -0.4 is 0 Å². The molecule has 0 aliphatic carbocycles. The summed E-state index contributed by atoms with van der Waals surface area (Å²) in [4.78, 5) is 21.3. The first-order valence-electron chi connectivity index (χ1n) is 4.76. The van der Waals surface area contributed by atoms with E-state index < -0.39 is 10.9 Å². The third-order valence-electron chi connectivity index (χ3n) is 2.30. The third kappa shape index (κ3) is 2.12. The number of nitro groups is 1. The van der Waals surface area contributed by atoms with Crippen LogP contribution >= 0.6 is 15.9 Å². The number of carboxylic acid groups (broad SMARTS) is 1. The second-order valence-electron chi connectivity index (χ2n) is 3.39. The van der Waals surface area contributed by atoms with E-state index in [1.165, 1.54) is 24.5 Å². The number of rotatable bonds is 3. The molecule has 0 aliphatic heterocycles. The molecule has 0 saturated carbocycles. The monoisotopic (exact) mass is 311 g/mol. The summed E-state index contributed by atoms with van der Waals surface area (Å²) in [5.74, 6) is -1.22. The molecular weight excluding hydrogens is 306 g/mol. The second-order valence-corrected chi connectivity index (χ2v) is 4.30. The summed E-state index contributed by atoms with van der Waals surface area (Å²) in [5.41, 5.74) is -0.201. The molecule has 0 spiro atoms. The highest BCUT2D eigenvalue weighted by atomic mass is 79.9. The minimum atomic E-state index is -1.20. The lowest BCUT2D eigenvalue weighted by Gasteiger charge is -2.02. The molecule has 2 aromatic rings. The standard InChI is InChI=1S/C11H6BrNO5/c12-6-1-2-7(9(5-6)13(16)17)10-8(11(14)15)3-4-18-10/h1-5H,(H,14,15). The average molecular weight is 312 g/mol. The minimum Gasteiger partial charge on any atom is -0.478 e. The van der Waals surface area contributed by atoms with Gasteiger partial charge in [0.25, 0.3) is 5.69 Å². The number of carbonyl (C=O) groups is 1. The topological polar surface area (TPSA) is 93.6 Å². The molecule has 0 aliphatic rings. The van der Waals surface area contributed by atoms with Crippen molar-refractivity contribution in [3.63, 3.8) is 0 Å². The van der Waals surface area contributed by atoms with Gasteiger partial charge in [-0.25, -0.2) is 4.79 Å². The van der Waals surface area contributed by atoms with Crippen LogP contribution in [0.5, 0.6) is 0 Å².